The Labute approximate surface area is 83.0 Å². The van der Waals surface area contributed by atoms with Gasteiger partial charge in [0.15, 0.2) is 5.69 Å². The third kappa shape index (κ3) is 1.27. The Morgan fingerprint density at radius 2 is 2.21 bits per heavy atom. The van der Waals surface area contributed by atoms with Gasteiger partial charge < -0.3 is 10.1 Å². The molecule has 0 atom stereocenters. The highest BCUT2D eigenvalue weighted by molar-refractivity contribution is 6.30. The van der Waals surface area contributed by atoms with E-state index in [1.165, 1.54) is 12.1 Å². The predicted octanol–water partition coefficient (Wildman–Crippen LogP) is 2.06. The minimum absolute atomic E-state index is 0.0499. The summed E-state index contributed by atoms with van der Waals surface area (Å²) in [5.74, 6) is -1.59. The van der Waals surface area contributed by atoms with Gasteiger partial charge in [0.1, 0.15) is 5.15 Å². The van der Waals surface area contributed by atoms with E-state index in [1.54, 1.807) is 0 Å². The molecule has 0 saturated heterocycles. The molecule has 71 valence electrons. The summed E-state index contributed by atoms with van der Waals surface area (Å²) in [4.78, 5) is 16.7. The van der Waals surface area contributed by atoms with Crippen molar-refractivity contribution in [3.63, 3.8) is 0 Å². The number of aromatic nitrogens is 2. The van der Waals surface area contributed by atoms with Crippen LogP contribution in [0.4, 0.5) is 0 Å². The summed E-state index contributed by atoms with van der Waals surface area (Å²) in [5, 5.41) is 20.2. The number of pyridine rings is 1. The van der Waals surface area contributed by atoms with Gasteiger partial charge in [0, 0.05) is 11.5 Å². The van der Waals surface area contributed by atoms with Gasteiger partial charge >= 0.3 is 5.97 Å². The number of halogens is 1. The SMILES string of the molecule is [O]c1cc2cc(Cl)nc(C(=O)O)c2[nH]1. The quantitative estimate of drug-likeness (QED) is 0.708. The lowest BCUT2D eigenvalue weighted by molar-refractivity contribution is 0.0692. The Bertz CT molecular complexity index is 521. The Kier molecular flexibility index (Phi) is 1.82. The van der Waals surface area contributed by atoms with Crippen molar-refractivity contribution in [2.24, 2.45) is 0 Å². The highest BCUT2D eigenvalue weighted by atomic mass is 35.5. The van der Waals surface area contributed by atoms with E-state index in [1.807, 2.05) is 0 Å². The van der Waals surface area contributed by atoms with Crippen molar-refractivity contribution in [2.75, 3.05) is 0 Å². The van der Waals surface area contributed by atoms with Crippen molar-refractivity contribution in [3.05, 3.63) is 23.0 Å². The van der Waals surface area contributed by atoms with Crippen molar-refractivity contribution in [1.29, 1.82) is 0 Å². The molecule has 0 spiro atoms. The lowest BCUT2D eigenvalue weighted by Crippen LogP contribution is -2.01. The molecular weight excluding hydrogens is 208 g/mol. The van der Waals surface area contributed by atoms with Crippen LogP contribution >= 0.6 is 11.6 Å². The summed E-state index contributed by atoms with van der Waals surface area (Å²) in [6, 6.07) is 2.70. The lowest BCUT2D eigenvalue weighted by atomic mass is 10.2. The molecule has 0 aliphatic heterocycles. The number of hydrogen-bond donors (Lipinski definition) is 2. The zero-order valence-electron chi connectivity index (χ0n) is 6.74. The van der Waals surface area contributed by atoms with Crippen LogP contribution in [0.1, 0.15) is 10.5 Å². The van der Waals surface area contributed by atoms with E-state index in [0.717, 1.165) is 0 Å². The second-order valence-corrected chi connectivity index (χ2v) is 3.08. The highest BCUT2D eigenvalue weighted by Gasteiger charge is 2.14. The van der Waals surface area contributed by atoms with E-state index >= 15 is 0 Å². The van der Waals surface area contributed by atoms with Crippen LogP contribution in [0.25, 0.3) is 10.9 Å². The number of carbonyl (C=O) groups is 1. The maximum absolute atomic E-state index is 11.0. The number of H-pyrrole nitrogens is 1. The number of nitrogens with zero attached hydrogens (tertiary/aromatic N) is 1. The second-order valence-electron chi connectivity index (χ2n) is 2.70. The molecule has 2 rings (SSSR count). The van der Waals surface area contributed by atoms with Gasteiger partial charge in [-0.2, -0.15) is 0 Å². The average molecular weight is 212 g/mol. The highest BCUT2D eigenvalue weighted by Crippen LogP contribution is 2.24. The molecular formula is C8H4ClN2O3. The number of rotatable bonds is 1. The van der Waals surface area contributed by atoms with Crippen molar-refractivity contribution in [1.82, 2.24) is 9.97 Å². The molecule has 0 aromatic carbocycles. The first kappa shape index (κ1) is 8.83. The molecule has 2 aromatic heterocycles. The Morgan fingerprint density at radius 3 is 2.86 bits per heavy atom. The lowest BCUT2D eigenvalue weighted by Gasteiger charge is -1.96. The predicted molar refractivity (Wildman–Crippen MR) is 48.2 cm³/mol. The van der Waals surface area contributed by atoms with Gasteiger partial charge in [-0.25, -0.2) is 9.78 Å². The summed E-state index contributed by atoms with van der Waals surface area (Å²) in [7, 11) is 0. The topological polar surface area (TPSA) is 85.9 Å². The molecule has 0 bridgehead atoms. The molecule has 2 aromatic rings. The van der Waals surface area contributed by atoms with Crippen LogP contribution in [0.3, 0.4) is 0 Å². The molecule has 0 fully saturated rings. The van der Waals surface area contributed by atoms with E-state index in [2.05, 4.69) is 9.97 Å². The first-order valence-corrected chi connectivity index (χ1v) is 4.05. The minimum Gasteiger partial charge on any atom is -0.476 e. The standard InChI is InChI=1S/C8H4ClN2O3/c9-4-1-3-2-5(12)11-6(3)7(10-4)8(13)14/h1-2,11H,(H,13,14). The van der Waals surface area contributed by atoms with Crippen LogP contribution < -0.4 is 0 Å². The van der Waals surface area contributed by atoms with Crippen LogP contribution in [0.2, 0.25) is 5.15 Å². The van der Waals surface area contributed by atoms with Gasteiger partial charge in [-0.3, -0.25) is 5.11 Å². The molecule has 0 amide bonds. The first-order valence-electron chi connectivity index (χ1n) is 3.67. The molecule has 1 radical (unpaired) electrons. The van der Waals surface area contributed by atoms with Gasteiger partial charge in [-0.1, -0.05) is 11.6 Å². The molecule has 0 aliphatic carbocycles. The van der Waals surface area contributed by atoms with E-state index < -0.39 is 5.97 Å². The molecule has 6 heteroatoms. The van der Waals surface area contributed by atoms with Crippen LogP contribution in [0.15, 0.2) is 12.1 Å². The molecule has 0 aliphatic rings. The normalized spacial score (nSPS) is 10.6. The number of carboxylic acid groups (broad SMARTS) is 1. The average Bonchev–Trinajstić information content (AvgIpc) is 2.42. The van der Waals surface area contributed by atoms with Crippen molar-refractivity contribution in [2.45, 2.75) is 0 Å². The fourth-order valence-corrected chi connectivity index (χ4v) is 1.43. The number of carboxylic acids is 1. The Morgan fingerprint density at radius 1 is 1.50 bits per heavy atom. The van der Waals surface area contributed by atoms with Gasteiger partial charge in [0.05, 0.1) is 5.52 Å². The Balaban J connectivity index is 2.85. The van der Waals surface area contributed by atoms with Crippen LogP contribution in [0, 0.1) is 0 Å². The van der Waals surface area contributed by atoms with Gasteiger partial charge in [0.2, 0.25) is 5.88 Å². The number of nitrogens with one attached hydrogen (secondary N) is 1. The molecule has 14 heavy (non-hydrogen) atoms. The van der Waals surface area contributed by atoms with Crippen LogP contribution in [-0.4, -0.2) is 21.0 Å². The number of aromatic amines is 1. The van der Waals surface area contributed by atoms with E-state index in [0.29, 0.717) is 5.39 Å². The van der Waals surface area contributed by atoms with Crippen molar-refractivity contribution < 1.29 is 15.0 Å². The second kappa shape index (κ2) is 2.88. The number of fused-ring (bicyclic) bond motifs is 1. The third-order valence-corrected chi connectivity index (χ3v) is 1.95. The molecule has 0 unspecified atom stereocenters. The van der Waals surface area contributed by atoms with E-state index in [9.17, 15) is 9.90 Å². The monoisotopic (exact) mass is 211 g/mol. The summed E-state index contributed by atoms with van der Waals surface area (Å²) >= 11 is 5.59. The zero-order valence-corrected chi connectivity index (χ0v) is 7.50. The van der Waals surface area contributed by atoms with E-state index in [-0.39, 0.29) is 22.2 Å². The van der Waals surface area contributed by atoms with Crippen molar-refractivity contribution >= 4 is 28.5 Å². The zero-order chi connectivity index (χ0) is 10.3. The summed E-state index contributed by atoms with van der Waals surface area (Å²) in [6.45, 7) is 0. The summed E-state index contributed by atoms with van der Waals surface area (Å²) in [5.41, 5.74) is -0.0403. The van der Waals surface area contributed by atoms with Crippen LogP contribution in [-0.2, 0) is 5.11 Å². The molecule has 2 heterocycles. The molecule has 5 nitrogen and oxygen atoms in total. The van der Waals surface area contributed by atoms with E-state index in [4.69, 9.17) is 16.7 Å². The summed E-state index contributed by atoms with van der Waals surface area (Å²) in [6.07, 6.45) is 0. The molecule has 0 saturated carbocycles. The number of aromatic carboxylic acids is 1. The van der Waals surface area contributed by atoms with Gasteiger partial charge in [0.25, 0.3) is 0 Å². The Hall–Kier alpha value is -1.75. The maximum Gasteiger partial charge on any atom is 0.356 e. The van der Waals surface area contributed by atoms with Crippen molar-refractivity contribution in [3.8, 4) is 5.88 Å². The third-order valence-electron chi connectivity index (χ3n) is 1.76. The minimum atomic E-state index is -1.22. The van der Waals surface area contributed by atoms with Gasteiger partial charge in [-0.05, 0) is 6.07 Å². The number of hydrogen-bond acceptors (Lipinski definition) is 2. The van der Waals surface area contributed by atoms with Crippen LogP contribution in [0.5, 0.6) is 5.88 Å². The molecule has 2 N–H and O–H groups in total. The fourth-order valence-electron chi connectivity index (χ4n) is 1.23. The fraction of sp³-hybridized carbons (Fsp3) is 0. The summed E-state index contributed by atoms with van der Waals surface area (Å²) < 4.78 is 0. The van der Waals surface area contributed by atoms with Gasteiger partial charge in [-0.15, -0.1) is 0 Å². The maximum atomic E-state index is 11.0. The largest absolute Gasteiger partial charge is 0.476 e. The smallest absolute Gasteiger partial charge is 0.356 e. The first-order chi connectivity index (χ1) is 6.58.